The molecule has 0 radical (unpaired) electrons. The monoisotopic (exact) mass is 287 g/mol. The molecule has 1 atom stereocenters. The molecule has 0 aliphatic heterocycles. The van der Waals surface area contributed by atoms with Gasteiger partial charge >= 0.3 is 5.97 Å². The Labute approximate surface area is 102 Å². The van der Waals surface area contributed by atoms with Gasteiger partial charge in [0.15, 0.2) is 0 Å². The molecule has 0 fully saturated rings. The molecule has 0 aliphatic rings. The van der Waals surface area contributed by atoms with E-state index in [9.17, 15) is 9.90 Å². The molecule has 88 valence electrons. The summed E-state index contributed by atoms with van der Waals surface area (Å²) in [6, 6.07) is 3.37. The van der Waals surface area contributed by atoms with Gasteiger partial charge in [-0.3, -0.25) is 4.79 Å². The molecule has 0 heterocycles. The summed E-state index contributed by atoms with van der Waals surface area (Å²) in [5.74, 6) is -1.03. The van der Waals surface area contributed by atoms with Crippen LogP contribution in [-0.2, 0) is 4.79 Å². The minimum absolute atomic E-state index is 0.0363. The Bertz CT molecular complexity index is 383. The second-order valence-electron chi connectivity index (χ2n) is 3.68. The number of benzene rings is 1. The summed E-state index contributed by atoms with van der Waals surface area (Å²) in [5.41, 5.74) is 7.00. The predicted molar refractivity (Wildman–Crippen MR) is 64.6 cm³/mol. The third kappa shape index (κ3) is 2.96. The van der Waals surface area contributed by atoms with Crippen LogP contribution >= 0.6 is 15.9 Å². The number of halogens is 1. The zero-order chi connectivity index (χ0) is 12.3. The Balaban J connectivity index is 3.06. The van der Waals surface area contributed by atoms with Crippen LogP contribution in [-0.4, -0.2) is 22.7 Å². The van der Waals surface area contributed by atoms with Crippen molar-refractivity contribution in [2.75, 3.05) is 6.54 Å². The maximum atomic E-state index is 10.6. The van der Waals surface area contributed by atoms with Crippen molar-refractivity contribution in [1.29, 1.82) is 0 Å². The van der Waals surface area contributed by atoms with Gasteiger partial charge in [-0.05, 0) is 31.2 Å². The summed E-state index contributed by atoms with van der Waals surface area (Å²) in [5, 5.41) is 18.4. The van der Waals surface area contributed by atoms with Crippen LogP contribution < -0.4 is 5.73 Å². The third-order valence-electron chi connectivity index (χ3n) is 2.52. The maximum absolute atomic E-state index is 10.6. The van der Waals surface area contributed by atoms with E-state index in [1.165, 1.54) is 0 Å². The van der Waals surface area contributed by atoms with Crippen molar-refractivity contribution in [3.8, 4) is 5.75 Å². The van der Waals surface area contributed by atoms with E-state index in [0.717, 1.165) is 15.6 Å². The Morgan fingerprint density at radius 1 is 1.56 bits per heavy atom. The largest absolute Gasteiger partial charge is 0.508 e. The van der Waals surface area contributed by atoms with Crippen LogP contribution in [0.2, 0.25) is 0 Å². The zero-order valence-electron chi connectivity index (χ0n) is 8.90. The fourth-order valence-corrected chi connectivity index (χ4v) is 1.94. The van der Waals surface area contributed by atoms with Crippen molar-refractivity contribution in [2.45, 2.75) is 19.3 Å². The van der Waals surface area contributed by atoms with E-state index >= 15 is 0 Å². The molecule has 0 aromatic heterocycles. The highest BCUT2D eigenvalue weighted by atomic mass is 79.9. The molecule has 1 unspecified atom stereocenters. The number of aromatic hydroxyl groups is 1. The summed E-state index contributed by atoms with van der Waals surface area (Å²) >= 11 is 3.31. The molecule has 0 saturated heterocycles. The molecule has 0 bridgehead atoms. The smallest absolute Gasteiger partial charge is 0.304 e. The highest BCUT2D eigenvalue weighted by molar-refractivity contribution is 9.10. The molecule has 0 spiro atoms. The third-order valence-corrected chi connectivity index (χ3v) is 3.34. The number of hydrogen-bond donors (Lipinski definition) is 3. The zero-order valence-corrected chi connectivity index (χ0v) is 10.5. The first kappa shape index (κ1) is 13.0. The molecule has 0 aliphatic carbocycles. The molecular weight excluding hydrogens is 274 g/mol. The Kier molecular flexibility index (Phi) is 4.32. The summed E-state index contributed by atoms with van der Waals surface area (Å²) < 4.78 is 0.756. The van der Waals surface area contributed by atoms with Gasteiger partial charge in [0.2, 0.25) is 0 Å². The summed E-state index contributed by atoms with van der Waals surface area (Å²) in [6.07, 6.45) is -0.0363. The van der Waals surface area contributed by atoms with Gasteiger partial charge in [0, 0.05) is 16.0 Å². The SMILES string of the molecule is Cc1c(O)cc(C(CN)CC(=O)O)cc1Br. The van der Waals surface area contributed by atoms with Crippen LogP contribution in [0.5, 0.6) is 5.75 Å². The molecular formula is C11H14BrNO3. The normalized spacial score (nSPS) is 12.4. The Morgan fingerprint density at radius 3 is 2.62 bits per heavy atom. The van der Waals surface area contributed by atoms with Crippen LogP contribution in [0.3, 0.4) is 0 Å². The van der Waals surface area contributed by atoms with Gasteiger partial charge in [0.25, 0.3) is 0 Å². The molecule has 5 heteroatoms. The van der Waals surface area contributed by atoms with Crippen LogP contribution in [0, 0.1) is 6.92 Å². The van der Waals surface area contributed by atoms with Crippen molar-refractivity contribution >= 4 is 21.9 Å². The van der Waals surface area contributed by atoms with Gasteiger partial charge < -0.3 is 15.9 Å². The molecule has 16 heavy (non-hydrogen) atoms. The lowest BCUT2D eigenvalue weighted by Gasteiger charge is -2.14. The topological polar surface area (TPSA) is 83.5 Å². The predicted octanol–water partition coefficient (Wildman–Crippen LogP) is 1.98. The van der Waals surface area contributed by atoms with Crippen molar-refractivity contribution in [3.05, 3.63) is 27.7 Å². The van der Waals surface area contributed by atoms with Crippen LogP contribution in [0.25, 0.3) is 0 Å². The first-order chi connectivity index (χ1) is 7.45. The van der Waals surface area contributed by atoms with Gasteiger partial charge in [-0.25, -0.2) is 0 Å². The highest BCUT2D eigenvalue weighted by Gasteiger charge is 2.16. The molecule has 4 N–H and O–H groups in total. The Morgan fingerprint density at radius 2 is 2.19 bits per heavy atom. The van der Waals surface area contributed by atoms with Gasteiger partial charge in [-0.15, -0.1) is 0 Å². The maximum Gasteiger partial charge on any atom is 0.304 e. The molecule has 4 nitrogen and oxygen atoms in total. The lowest BCUT2D eigenvalue weighted by atomic mass is 9.95. The second kappa shape index (κ2) is 5.32. The Hall–Kier alpha value is -1.07. The molecule has 1 aromatic rings. The fraction of sp³-hybridized carbons (Fsp3) is 0.364. The minimum atomic E-state index is -0.897. The number of phenolic OH excluding ortho intramolecular Hbond substituents is 1. The average molecular weight is 288 g/mol. The van der Waals surface area contributed by atoms with E-state index in [2.05, 4.69) is 15.9 Å². The van der Waals surface area contributed by atoms with E-state index in [0.29, 0.717) is 0 Å². The number of hydrogen-bond acceptors (Lipinski definition) is 3. The number of rotatable bonds is 4. The lowest BCUT2D eigenvalue weighted by Crippen LogP contribution is -2.16. The van der Waals surface area contributed by atoms with Gasteiger partial charge in [0.05, 0.1) is 6.42 Å². The first-order valence-electron chi connectivity index (χ1n) is 4.86. The van der Waals surface area contributed by atoms with Gasteiger partial charge in [0.1, 0.15) is 5.75 Å². The lowest BCUT2D eigenvalue weighted by molar-refractivity contribution is -0.137. The molecule has 1 rings (SSSR count). The number of carbonyl (C=O) groups is 1. The van der Waals surface area contributed by atoms with Gasteiger partial charge in [-0.1, -0.05) is 15.9 Å². The molecule has 1 aromatic carbocycles. The quantitative estimate of drug-likeness (QED) is 0.791. The second-order valence-corrected chi connectivity index (χ2v) is 4.53. The summed E-state index contributed by atoms with van der Waals surface area (Å²) in [4.78, 5) is 10.6. The molecule has 0 saturated carbocycles. The number of phenols is 1. The van der Waals surface area contributed by atoms with Crippen LogP contribution in [0.4, 0.5) is 0 Å². The van der Waals surface area contributed by atoms with E-state index in [1.807, 2.05) is 0 Å². The molecule has 0 amide bonds. The van der Waals surface area contributed by atoms with Crippen LogP contribution in [0.15, 0.2) is 16.6 Å². The number of aliphatic carboxylic acids is 1. The minimum Gasteiger partial charge on any atom is -0.508 e. The fourth-order valence-electron chi connectivity index (χ4n) is 1.47. The number of nitrogens with two attached hydrogens (primary N) is 1. The van der Waals surface area contributed by atoms with Crippen molar-refractivity contribution in [1.82, 2.24) is 0 Å². The van der Waals surface area contributed by atoms with Crippen LogP contribution in [0.1, 0.15) is 23.5 Å². The van der Waals surface area contributed by atoms with E-state index < -0.39 is 5.97 Å². The van der Waals surface area contributed by atoms with E-state index in [4.69, 9.17) is 10.8 Å². The van der Waals surface area contributed by atoms with E-state index in [-0.39, 0.29) is 24.6 Å². The number of carboxylic acids is 1. The summed E-state index contributed by atoms with van der Waals surface area (Å²) in [7, 11) is 0. The number of carboxylic acid groups (broad SMARTS) is 1. The van der Waals surface area contributed by atoms with Crippen molar-refractivity contribution < 1.29 is 15.0 Å². The summed E-state index contributed by atoms with van der Waals surface area (Å²) in [6.45, 7) is 2.01. The van der Waals surface area contributed by atoms with Crippen molar-refractivity contribution in [2.24, 2.45) is 5.73 Å². The van der Waals surface area contributed by atoms with Crippen molar-refractivity contribution in [3.63, 3.8) is 0 Å². The first-order valence-corrected chi connectivity index (χ1v) is 5.65. The average Bonchev–Trinajstić information content (AvgIpc) is 2.21. The van der Waals surface area contributed by atoms with Gasteiger partial charge in [-0.2, -0.15) is 0 Å². The standard InChI is InChI=1S/C11H14BrNO3/c1-6-9(12)2-7(3-10(6)14)8(5-13)4-11(15)16/h2-3,8,14H,4-5,13H2,1H3,(H,15,16). The van der Waals surface area contributed by atoms with E-state index in [1.54, 1.807) is 19.1 Å². The highest BCUT2D eigenvalue weighted by Crippen LogP contribution is 2.31.